The van der Waals surface area contributed by atoms with Crippen molar-refractivity contribution in [1.82, 2.24) is 0 Å². The molecule has 0 heterocycles. The van der Waals surface area contributed by atoms with Crippen LogP contribution >= 0.6 is 0 Å². The highest BCUT2D eigenvalue weighted by atomic mass is 16.5. The summed E-state index contributed by atoms with van der Waals surface area (Å²) in [6.07, 6.45) is 5.67. The molecule has 0 aliphatic rings. The first-order valence-corrected chi connectivity index (χ1v) is 8.68. The highest BCUT2D eigenvalue weighted by molar-refractivity contribution is 5.73. The summed E-state index contributed by atoms with van der Waals surface area (Å²) in [7, 11) is 0. The summed E-state index contributed by atoms with van der Waals surface area (Å²) in [5.74, 6) is 0.0176. The number of ether oxygens (including phenoxy) is 1. The summed E-state index contributed by atoms with van der Waals surface area (Å²) < 4.78 is 5.79. The second-order valence-electron chi connectivity index (χ2n) is 6.79. The van der Waals surface area contributed by atoms with E-state index in [1.165, 1.54) is 6.21 Å². The molecule has 0 atom stereocenters. The van der Waals surface area contributed by atoms with Gasteiger partial charge in [-0.05, 0) is 50.3 Å². The van der Waals surface area contributed by atoms with E-state index >= 15 is 0 Å². The van der Waals surface area contributed by atoms with Crippen molar-refractivity contribution >= 4 is 12.2 Å². The predicted molar refractivity (Wildman–Crippen MR) is 96.8 cm³/mol. The summed E-state index contributed by atoms with van der Waals surface area (Å²) >= 11 is 0. The molecule has 1 rings (SSSR count). The lowest BCUT2D eigenvalue weighted by molar-refractivity contribution is -0.147. The van der Waals surface area contributed by atoms with Gasteiger partial charge in [-0.1, -0.05) is 19.8 Å². The molecular weight excluding hydrogens is 322 g/mol. The molecule has 140 valence electrons. The number of unbranched alkanes of at least 4 members (excludes halogenated alkanes) is 2. The van der Waals surface area contributed by atoms with Crippen LogP contribution in [-0.2, 0) is 17.6 Å². The minimum absolute atomic E-state index is 0.121. The lowest BCUT2D eigenvalue weighted by Gasteiger charge is -2.18. The number of rotatable bonds is 11. The molecule has 0 fully saturated rings. The van der Waals surface area contributed by atoms with Crippen LogP contribution in [0.15, 0.2) is 17.3 Å². The molecule has 6 nitrogen and oxygen atoms in total. The number of carbonyl (C=O) groups is 1. The molecule has 25 heavy (non-hydrogen) atoms. The van der Waals surface area contributed by atoms with Gasteiger partial charge < -0.3 is 20.2 Å². The monoisotopic (exact) mass is 351 g/mol. The SMILES string of the molecule is CCc1cc(CC=NO)c(O)cc1OCCCCCC(C)(C)C(=O)O. The number of aliphatic carboxylic acids is 1. The van der Waals surface area contributed by atoms with Gasteiger partial charge in [0.2, 0.25) is 0 Å². The summed E-state index contributed by atoms with van der Waals surface area (Å²) in [6, 6.07) is 3.47. The summed E-state index contributed by atoms with van der Waals surface area (Å²) in [5.41, 5.74) is 1.000. The first kappa shape index (κ1) is 20.8. The Morgan fingerprint density at radius 1 is 1.24 bits per heavy atom. The van der Waals surface area contributed by atoms with Crippen LogP contribution in [0, 0.1) is 5.41 Å². The van der Waals surface area contributed by atoms with Crippen LogP contribution in [0.5, 0.6) is 11.5 Å². The van der Waals surface area contributed by atoms with Crippen LogP contribution in [0.4, 0.5) is 0 Å². The van der Waals surface area contributed by atoms with Crippen LogP contribution in [0.1, 0.15) is 57.6 Å². The molecule has 0 spiro atoms. The van der Waals surface area contributed by atoms with Gasteiger partial charge >= 0.3 is 5.97 Å². The standard InChI is InChI=1S/C19H29NO5/c1-4-14-12-15(8-10-20-24)16(21)13-17(14)25-11-7-5-6-9-19(2,3)18(22)23/h10,12-13,21,24H,4-9,11H2,1-3H3,(H,22,23). The van der Waals surface area contributed by atoms with E-state index in [4.69, 9.17) is 15.1 Å². The van der Waals surface area contributed by atoms with Crippen molar-refractivity contribution in [1.29, 1.82) is 0 Å². The smallest absolute Gasteiger partial charge is 0.309 e. The Bertz CT molecular complexity index is 596. The average Bonchev–Trinajstić information content (AvgIpc) is 2.56. The summed E-state index contributed by atoms with van der Waals surface area (Å²) in [6.45, 7) is 6.02. The summed E-state index contributed by atoms with van der Waals surface area (Å²) in [4.78, 5) is 11.1. The van der Waals surface area contributed by atoms with E-state index in [2.05, 4.69) is 5.16 Å². The molecule has 1 aromatic carbocycles. The number of phenolic OH excluding ortho intramolecular Hbond substituents is 1. The van der Waals surface area contributed by atoms with Gasteiger partial charge in [-0.25, -0.2) is 0 Å². The second kappa shape index (κ2) is 9.91. The van der Waals surface area contributed by atoms with Crippen molar-refractivity contribution in [2.24, 2.45) is 10.6 Å². The molecule has 1 aromatic rings. The largest absolute Gasteiger partial charge is 0.508 e. The fourth-order valence-electron chi connectivity index (χ4n) is 2.51. The molecular formula is C19H29NO5. The van der Waals surface area contributed by atoms with Gasteiger partial charge in [-0.15, -0.1) is 5.16 Å². The minimum Gasteiger partial charge on any atom is -0.508 e. The zero-order valence-electron chi connectivity index (χ0n) is 15.3. The van der Waals surface area contributed by atoms with Crippen LogP contribution in [-0.4, -0.2) is 34.2 Å². The Kier molecular flexibility index (Phi) is 8.25. The molecule has 0 aromatic heterocycles. The molecule has 3 N–H and O–H groups in total. The number of phenols is 1. The Labute approximate surface area is 149 Å². The maximum absolute atomic E-state index is 11.1. The van der Waals surface area contributed by atoms with E-state index in [-0.39, 0.29) is 5.75 Å². The highest BCUT2D eigenvalue weighted by Gasteiger charge is 2.25. The van der Waals surface area contributed by atoms with Crippen molar-refractivity contribution in [3.8, 4) is 11.5 Å². The molecule has 0 saturated carbocycles. The van der Waals surface area contributed by atoms with Crippen molar-refractivity contribution in [2.75, 3.05) is 6.61 Å². The molecule has 0 amide bonds. The number of benzene rings is 1. The maximum Gasteiger partial charge on any atom is 0.309 e. The molecule has 0 unspecified atom stereocenters. The Morgan fingerprint density at radius 3 is 2.56 bits per heavy atom. The molecule has 0 saturated heterocycles. The Hall–Kier alpha value is -2.24. The van der Waals surface area contributed by atoms with Crippen LogP contribution in [0.2, 0.25) is 0 Å². The highest BCUT2D eigenvalue weighted by Crippen LogP contribution is 2.29. The average molecular weight is 351 g/mol. The van der Waals surface area contributed by atoms with E-state index in [9.17, 15) is 9.90 Å². The normalized spacial score (nSPS) is 11.8. The first-order valence-electron chi connectivity index (χ1n) is 8.68. The minimum atomic E-state index is -0.766. The van der Waals surface area contributed by atoms with Crippen molar-refractivity contribution in [3.63, 3.8) is 0 Å². The van der Waals surface area contributed by atoms with E-state index in [1.807, 2.05) is 13.0 Å². The van der Waals surface area contributed by atoms with Gasteiger partial charge in [-0.2, -0.15) is 0 Å². The van der Waals surface area contributed by atoms with Crippen molar-refractivity contribution < 1.29 is 25.0 Å². The fraction of sp³-hybridized carbons (Fsp3) is 0.579. The number of aromatic hydroxyl groups is 1. The lowest BCUT2D eigenvalue weighted by Crippen LogP contribution is -2.23. The third-order valence-electron chi connectivity index (χ3n) is 4.32. The molecule has 6 heteroatoms. The first-order chi connectivity index (χ1) is 11.8. The van der Waals surface area contributed by atoms with Gasteiger partial charge in [0, 0.05) is 18.7 Å². The third kappa shape index (κ3) is 6.64. The molecule has 0 aliphatic heterocycles. The number of hydrogen-bond donors (Lipinski definition) is 3. The topological polar surface area (TPSA) is 99.4 Å². The van der Waals surface area contributed by atoms with Crippen LogP contribution in [0.3, 0.4) is 0 Å². The van der Waals surface area contributed by atoms with Crippen molar-refractivity contribution in [2.45, 2.75) is 59.3 Å². The van der Waals surface area contributed by atoms with E-state index in [0.717, 1.165) is 31.2 Å². The second-order valence-corrected chi connectivity index (χ2v) is 6.79. The third-order valence-corrected chi connectivity index (χ3v) is 4.32. The van der Waals surface area contributed by atoms with E-state index < -0.39 is 11.4 Å². The van der Waals surface area contributed by atoms with Crippen LogP contribution in [0.25, 0.3) is 0 Å². The predicted octanol–water partition coefficient (Wildman–Crippen LogP) is 4.01. The van der Waals surface area contributed by atoms with E-state index in [1.54, 1.807) is 19.9 Å². The lowest BCUT2D eigenvalue weighted by atomic mass is 9.87. The van der Waals surface area contributed by atoms with Gasteiger partial charge in [0.05, 0.1) is 12.0 Å². The number of carboxylic acids is 1. The fourth-order valence-corrected chi connectivity index (χ4v) is 2.51. The molecule has 0 aliphatic carbocycles. The number of carboxylic acid groups (broad SMARTS) is 1. The quantitative estimate of drug-likeness (QED) is 0.242. The Balaban J connectivity index is 2.49. The zero-order chi connectivity index (χ0) is 18.9. The van der Waals surface area contributed by atoms with Gasteiger partial charge in [-0.3, -0.25) is 4.79 Å². The Morgan fingerprint density at radius 2 is 1.96 bits per heavy atom. The molecule has 0 radical (unpaired) electrons. The van der Waals surface area contributed by atoms with Crippen LogP contribution < -0.4 is 4.74 Å². The maximum atomic E-state index is 11.1. The van der Waals surface area contributed by atoms with Gasteiger partial charge in [0.25, 0.3) is 0 Å². The van der Waals surface area contributed by atoms with Gasteiger partial charge in [0.1, 0.15) is 11.5 Å². The van der Waals surface area contributed by atoms with E-state index in [0.29, 0.717) is 30.8 Å². The number of aryl methyl sites for hydroxylation is 1. The number of nitrogens with zero attached hydrogens (tertiary/aromatic N) is 1. The zero-order valence-corrected chi connectivity index (χ0v) is 15.3. The van der Waals surface area contributed by atoms with Crippen molar-refractivity contribution in [3.05, 3.63) is 23.3 Å². The number of hydrogen-bond acceptors (Lipinski definition) is 5. The van der Waals surface area contributed by atoms with Gasteiger partial charge in [0.15, 0.2) is 0 Å². The molecule has 0 bridgehead atoms. The number of oxime groups is 1. The summed E-state index contributed by atoms with van der Waals surface area (Å²) in [5, 5.41) is 30.6.